The Labute approximate surface area is 263 Å². The molecule has 38 heavy (non-hydrogen) atoms. The topological polar surface area (TPSA) is 65.5 Å². The molecule has 0 saturated heterocycles. The van der Waals surface area contributed by atoms with Gasteiger partial charge in [-0.15, -0.1) is 0 Å². The van der Waals surface area contributed by atoms with Crippen LogP contribution in [0.25, 0.3) is 10.9 Å². The van der Waals surface area contributed by atoms with Crippen LogP contribution >= 0.6 is 0 Å². The number of hydrogen-bond donors (Lipinski definition) is 0. The van der Waals surface area contributed by atoms with Gasteiger partial charge in [-0.05, 0) is 65.2 Å². The SMILES string of the molecule is O=C([O-])c1ccc(CN(Cc2cccc(F)c2)c2ccc(OCc3ccc4ccccc4n3)cc2)cc1.[K+]. The van der Waals surface area contributed by atoms with Crippen LogP contribution < -0.4 is 66.1 Å². The molecule has 0 amide bonds. The summed E-state index contributed by atoms with van der Waals surface area (Å²) in [4.78, 5) is 17.8. The third-order valence-corrected chi connectivity index (χ3v) is 6.07. The Hall–Kier alpha value is -3.07. The van der Waals surface area contributed by atoms with Crippen molar-refractivity contribution in [3.05, 3.63) is 137 Å². The first-order valence-corrected chi connectivity index (χ1v) is 11.9. The number of carboxylic acids is 1. The second-order valence-corrected chi connectivity index (χ2v) is 8.75. The maximum absolute atomic E-state index is 13.8. The van der Waals surface area contributed by atoms with Crippen molar-refractivity contribution < 1.29 is 70.4 Å². The summed E-state index contributed by atoms with van der Waals surface area (Å²) >= 11 is 0. The number of ether oxygens (including phenoxy) is 1. The fraction of sp³-hybridized carbons (Fsp3) is 0.0968. The first kappa shape index (κ1) is 27.9. The third-order valence-electron chi connectivity index (χ3n) is 6.07. The van der Waals surface area contributed by atoms with Gasteiger partial charge in [0.25, 0.3) is 0 Å². The predicted molar refractivity (Wildman–Crippen MR) is 140 cm³/mol. The van der Waals surface area contributed by atoms with Crippen molar-refractivity contribution in [2.75, 3.05) is 4.90 Å². The van der Waals surface area contributed by atoms with Gasteiger partial charge in [0, 0.05) is 24.2 Å². The van der Waals surface area contributed by atoms with Gasteiger partial charge in [0.15, 0.2) is 0 Å². The van der Waals surface area contributed by atoms with Crippen LogP contribution in [-0.4, -0.2) is 11.0 Å². The number of fused-ring (bicyclic) bond motifs is 1. The zero-order chi connectivity index (χ0) is 25.6. The summed E-state index contributed by atoms with van der Waals surface area (Å²) in [5.74, 6) is -0.790. The minimum Gasteiger partial charge on any atom is -0.545 e. The summed E-state index contributed by atoms with van der Waals surface area (Å²) in [7, 11) is 0. The van der Waals surface area contributed by atoms with Gasteiger partial charge >= 0.3 is 51.4 Å². The summed E-state index contributed by atoms with van der Waals surface area (Å²) in [5, 5.41) is 12.2. The molecular formula is C31H24FKN2O3. The zero-order valence-electron chi connectivity index (χ0n) is 21.0. The number of anilines is 1. The smallest absolute Gasteiger partial charge is 0.545 e. The Morgan fingerprint density at radius 1 is 0.816 bits per heavy atom. The zero-order valence-corrected chi connectivity index (χ0v) is 24.1. The minimum atomic E-state index is -1.21. The molecule has 7 heteroatoms. The minimum absolute atomic E-state index is 0. The van der Waals surface area contributed by atoms with Crippen molar-refractivity contribution in [1.29, 1.82) is 0 Å². The summed E-state index contributed by atoms with van der Waals surface area (Å²) in [6, 6.07) is 32.7. The number of para-hydroxylation sites is 1. The molecule has 5 aromatic rings. The molecule has 0 unspecified atom stereocenters. The Kier molecular flexibility index (Phi) is 9.66. The molecule has 184 valence electrons. The van der Waals surface area contributed by atoms with E-state index >= 15 is 0 Å². The molecule has 0 radical (unpaired) electrons. The molecule has 1 heterocycles. The molecule has 5 nitrogen and oxygen atoms in total. The Bertz CT molecular complexity index is 1530. The molecule has 0 atom stereocenters. The molecule has 0 aliphatic carbocycles. The van der Waals surface area contributed by atoms with Gasteiger partial charge in [-0.1, -0.05) is 60.7 Å². The van der Waals surface area contributed by atoms with E-state index in [1.165, 1.54) is 24.3 Å². The predicted octanol–water partition coefficient (Wildman–Crippen LogP) is 2.53. The van der Waals surface area contributed by atoms with Crippen LogP contribution in [0.4, 0.5) is 10.1 Å². The first-order chi connectivity index (χ1) is 18.0. The maximum atomic E-state index is 13.8. The fourth-order valence-electron chi connectivity index (χ4n) is 4.16. The number of hydrogen-bond acceptors (Lipinski definition) is 5. The van der Waals surface area contributed by atoms with E-state index in [4.69, 9.17) is 4.74 Å². The fourth-order valence-corrected chi connectivity index (χ4v) is 4.16. The molecular weight excluding hydrogens is 506 g/mol. The van der Waals surface area contributed by atoms with Gasteiger partial charge in [0.2, 0.25) is 0 Å². The molecule has 0 bridgehead atoms. The van der Waals surface area contributed by atoms with Crippen LogP contribution in [0, 0.1) is 5.82 Å². The number of carbonyl (C=O) groups is 1. The van der Waals surface area contributed by atoms with Crippen molar-refractivity contribution in [2.24, 2.45) is 0 Å². The van der Waals surface area contributed by atoms with Crippen LogP contribution in [0.15, 0.2) is 109 Å². The van der Waals surface area contributed by atoms with E-state index in [1.807, 2.05) is 66.7 Å². The Morgan fingerprint density at radius 3 is 2.29 bits per heavy atom. The molecule has 1 aromatic heterocycles. The largest absolute Gasteiger partial charge is 1.00 e. The third kappa shape index (κ3) is 7.27. The second kappa shape index (κ2) is 13.1. The average molecular weight is 531 g/mol. The molecule has 4 aromatic carbocycles. The van der Waals surface area contributed by atoms with Gasteiger partial charge in [-0.3, -0.25) is 0 Å². The van der Waals surface area contributed by atoms with Crippen molar-refractivity contribution in [2.45, 2.75) is 19.7 Å². The average Bonchev–Trinajstić information content (AvgIpc) is 2.92. The Morgan fingerprint density at radius 2 is 1.55 bits per heavy atom. The summed E-state index contributed by atoms with van der Waals surface area (Å²) in [6.07, 6.45) is 0. The number of carbonyl (C=O) groups excluding carboxylic acids is 1. The number of aromatic carboxylic acids is 1. The van der Waals surface area contributed by atoms with Gasteiger partial charge < -0.3 is 19.5 Å². The number of carboxylic acid groups (broad SMARTS) is 1. The number of aromatic nitrogens is 1. The van der Waals surface area contributed by atoms with Gasteiger partial charge in [-0.2, -0.15) is 0 Å². The van der Waals surface area contributed by atoms with Crippen LogP contribution in [0.1, 0.15) is 27.2 Å². The molecule has 0 N–H and O–H groups in total. The summed E-state index contributed by atoms with van der Waals surface area (Å²) < 4.78 is 19.8. The van der Waals surface area contributed by atoms with Crippen LogP contribution in [0.5, 0.6) is 5.75 Å². The van der Waals surface area contributed by atoms with Gasteiger partial charge in [0.1, 0.15) is 18.2 Å². The molecule has 0 spiro atoms. The molecule has 0 aliphatic heterocycles. The monoisotopic (exact) mass is 530 g/mol. The Balaban J connectivity index is 0.00000336. The van der Waals surface area contributed by atoms with E-state index in [9.17, 15) is 14.3 Å². The second-order valence-electron chi connectivity index (χ2n) is 8.75. The summed E-state index contributed by atoms with van der Waals surface area (Å²) in [5.41, 5.74) is 4.57. The normalized spacial score (nSPS) is 10.6. The van der Waals surface area contributed by atoms with Crippen molar-refractivity contribution >= 4 is 22.6 Å². The van der Waals surface area contributed by atoms with Crippen molar-refractivity contribution in [3.63, 3.8) is 0 Å². The summed E-state index contributed by atoms with van der Waals surface area (Å²) in [6.45, 7) is 1.33. The standard InChI is InChI=1S/C31H25FN2O3.K/c32-26-6-3-4-23(18-26)20-34(19-22-8-10-25(11-9-22)31(35)36)28-14-16-29(17-15-28)37-21-27-13-12-24-5-1-2-7-30(24)33-27;/h1-18H,19-21H2,(H,35,36);/q;+1/p-1. The number of nitrogens with zero attached hydrogens (tertiary/aromatic N) is 2. The molecule has 5 rings (SSSR count). The molecule has 0 fully saturated rings. The van der Waals surface area contributed by atoms with Crippen LogP contribution in [-0.2, 0) is 19.7 Å². The van der Waals surface area contributed by atoms with Crippen molar-refractivity contribution in [1.82, 2.24) is 4.98 Å². The van der Waals surface area contributed by atoms with Crippen LogP contribution in [0.2, 0.25) is 0 Å². The van der Waals surface area contributed by atoms with E-state index < -0.39 is 5.97 Å². The number of rotatable bonds is 9. The quantitative estimate of drug-likeness (QED) is 0.274. The van der Waals surface area contributed by atoms with E-state index in [2.05, 4.69) is 9.88 Å². The number of pyridine rings is 1. The number of benzene rings is 4. The van der Waals surface area contributed by atoms with Crippen molar-refractivity contribution in [3.8, 4) is 5.75 Å². The van der Waals surface area contributed by atoms with Gasteiger partial charge in [-0.25, -0.2) is 9.37 Å². The van der Waals surface area contributed by atoms with E-state index in [0.29, 0.717) is 25.4 Å². The van der Waals surface area contributed by atoms with E-state index in [-0.39, 0.29) is 62.8 Å². The van der Waals surface area contributed by atoms with E-state index in [0.717, 1.165) is 33.4 Å². The van der Waals surface area contributed by atoms with Crippen LogP contribution in [0.3, 0.4) is 0 Å². The maximum Gasteiger partial charge on any atom is 1.00 e. The number of halogens is 1. The molecule has 0 aliphatic rings. The molecule has 0 saturated carbocycles. The van der Waals surface area contributed by atoms with Gasteiger partial charge in [0.05, 0.1) is 17.2 Å². The first-order valence-electron chi connectivity index (χ1n) is 11.9. The van der Waals surface area contributed by atoms with E-state index in [1.54, 1.807) is 18.2 Å².